The van der Waals surface area contributed by atoms with Crippen molar-refractivity contribution in [3.8, 4) is 23.7 Å². The molecule has 6 heteroatoms. The maximum Gasteiger partial charge on any atom is 0.128 e. The zero-order chi connectivity index (χ0) is 25.0. The van der Waals surface area contributed by atoms with Crippen LogP contribution in [0.2, 0.25) is 0 Å². The van der Waals surface area contributed by atoms with Crippen LogP contribution in [0.4, 0.5) is 0 Å². The van der Waals surface area contributed by atoms with Gasteiger partial charge in [-0.05, 0) is 92.6 Å². The fourth-order valence-electron chi connectivity index (χ4n) is 5.06. The lowest BCUT2D eigenvalue weighted by Crippen LogP contribution is -2.44. The van der Waals surface area contributed by atoms with Crippen LogP contribution in [0.1, 0.15) is 50.2 Å². The van der Waals surface area contributed by atoms with E-state index in [1.54, 1.807) is 6.20 Å². The fourth-order valence-corrected chi connectivity index (χ4v) is 5.06. The number of nitrogens with one attached hydrogen (secondary N) is 3. The van der Waals surface area contributed by atoms with Crippen LogP contribution in [-0.4, -0.2) is 36.4 Å². The van der Waals surface area contributed by atoms with E-state index in [0.717, 1.165) is 54.4 Å². The van der Waals surface area contributed by atoms with Gasteiger partial charge in [-0.2, -0.15) is 0 Å². The normalized spacial score (nSPS) is 26.5. The standard InChI is InChI=1S/C30H34N6/c1-29(12-2-14-34-29)21-33-20-26(32)10-6-22-4-8-25-17-23(5-9-24(25)16-22)7-11-27(19-31)36-28-18-30(28)13-3-15-35-30/h4-5,8-9,16-17,19-20,33-35H,2-3,12-15,18,21,31-32H2,1H3/b26-20-,27-19-,36-28?. The second-order valence-corrected chi connectivity index (χ2v) is 10.2. The molecule has 2 unspecified atom stereocenters. The topological polar surface area (TPSA) is 100 Å². The molecule has 2 saturated heterocycles. The monoisotopic (exact) mass is 478 g/mol. The summed E-state index contributed by atoms with van der Waals surface area (Å²) in [6.45, 7) is 5.21. The van der Waals surface area contributed by atoms with Crippen LogP contribution in [0.5, 0.6) is 0 Å². The molecule has 6 nitrogen and oxygen atoms in total. The van der Waals surface area contributed by atoms with Crippen LogP contribution in [-0.2, 0) is 0 Å². The number of rotatable bonds is 4. The average Bonchev–Trinajstić information content (AvgIpc) is 3.16. The second-order valence-electron chi connectivity index (χ2n) is 10.2. The molecule has 0 aromatic heterocycles. The van der Waals surface area contributed by atoms with Gasteiger partial charge in [-0.1, -0.05) is 24.0 Å². The summed E-state index contributed by atoms with van der Waals surface area (Å²) >= 11 is 0. The van der Waals surface area contributed by atoms with E-state index in [4.69, 9.17) is 11.5 Å². The molecule has 1 saturated carbocycles. The van der Waals surface area contributed by atoms with E-state index in [2.05, 4.69) is 75.8 Å². The summed E-state index contributed by atoms with van der Waals surface area (Å²) in [5.74, 6) is 12.5. The predicted molar refractivity (Wildman–Crippen MR) is 148 cm³/mol. The van der Waals surface area contributed by atoms with Gasteiger partial charge in [0.05, 0.1) is 11.2 Å². The van der Waals surface area contributed by atoms with Gasteiger partial charge in [-0.3, -0.25) is 0 Å². The van der Waals surface area contributed by atoms with Crippen molar-refractivity contribution in [2.45, 2.75) is 50.1 Å². The third-order valence-corrected chi connectivity index (χ3v) is 7.29. The van der Waals surface area contributed by atoms with Crippen molar-refractivity contribution in [1.29, 1.82) is 0 Å². The summed E-state index contributed by atoms with van der Waals surface area (Å²) in [5, 5.41) is 12.6. The van der Waals surface area contributed by atoms with Crippen molar-refractivity contribution in [2.24, 2.45) is 16.5 Å². The summed E-state index contributed by atoms with van der Waals surface area (Å²) < 4.78 is 0. The van der Waals surface area contributed by atoms with Gasteiger partial charge in [0.1, 0.15) is 5.70 Å². The number of hydrogen-bond acceptors (Lipinski definition) is 6. The minimum atomic E-state index is 0.127. The first-order chi connectivity index (χ1) is 17.5. The molecule has 2 aromatic carbocycles. The molecule has 2 aromatic rings. The average molecular weight is 479 g/mol. The van der Waals surface area contributed by atoms with Gasteiger partial charge in [0.2, 0.25) is 0 Å². The van der Waals surface area contributed by atoms with Crippen molar-refractivity contribution in [3.63, 3.8) is 0 Å². The Morgan fingerprint density at radius 3 is 2.36 bits per heavy atom. The zero-order valence-electron chi connectivity index (χ0n) is 20.9. The zero-order valence-corrected chi connectivity index (χ0v) is 20.9. The van der Waals surface area contributed by atoms with E-state index in [0.29, 0.717) is 11.4 Å². The van der Waals surface area contributed by atoms with Gasteiger partial charge in [-0.25, -0.2) is 4.99 Å². The molecule has 0 amide bonds. The lowest BCUT2D eigenvalue weighted by Gasteiger charge is -2.23. The van der Waals surface area contributed by atoms with Crippen molar-refractivity contribution < 1.29 is 0 Å². The van der Waals surface area contributed by atoms with Crippen molar-refractivity contribution in [2.75, 3.05) is 19.6 Å². The van der Waals surface area contributed by atoms with Gasteiger partial charge in [-0.15, -0.1) is 0 Å². The van der Waals surface area contributed by atoms with Crippen molar-refractivity contribution in [1.82, 2.24) is 16.0 Å². The molecular formula is C30H34N6. The maximum absolute atomic E-state index is 6.08. The minimum absolute atomic E-state index is 0.127. The first-order valence-corrected chi connectivity index (χ1v) is 12.7. The molecule has 0 radical (unpaired) electrons. The third kappa shape index (κ3) is 5.57. The summed E-state index contributed by atoms with van der Waals surface area (Å²) in [4.78, 5) is 4.69. The molecule has 184 valence electrons. The summed E-state index contributed by atoms with van der Waals surface area (Å²) in [5.41, 5.74) is 16.3. The van der Waals surface area contributed by atoms with Crippen LogP contribution >= 0.6 is 0 Å². The number of nitrogens with zero attached hydrogens (tertiary/aromatic N) is 1. The van der Waals surface area contributed by atoms with E-state index in [9.17, 15) is 0 Å². The number of benzene rings is 2. The van der Waals surface area contributed by atoms with Gasteiger partial charge < -0.3 is 27.4 Å². The Bertz CT molecular complexity index is 1360. The Balaban J connectivity index is 1.23. The molecule has 3 aliphatic rings. The van der Waals surface area contributed by atoms with Crippen molar-refractivity contribution in [3.05, 3.63) is 71.3 Å². The van der Waals surface area contributed by atoms with E-state index >= 15 is 0 Å². The first-order valence-electron chi connectivity index (χ1n) is 12.7. The quantitative estimate of drug-likeness (QED) is 0.435. The SMILES string of the molecule is CC1(CN/C=C(\N)C#Cc2ccc3cc(C#C/C(=C/N)N=C4CC45CCCN5)ccc3c2)CCCN1. The largest absolute Gasteiger partial charge is 0.402 e. The maximum atomic E-state index is 6.08. The van der Waals surface area contributed by atoms with Crippen molar-refractivity contribution >= 4 is 16.5 Å². The van der Waals surface area contributed by atoms with Gasteiger partial charge in [0.15, 0.2) is 0 Å². The highest BCUT2D eigenvalue weighted by molar-refractivity contribution is 6.10. The third-order valence-electron chi connectivity index (χ3n) is 7.29. The molecule has 1 spiro atoms. The molecule has 0 bridgehead atoms. The number of hydrogen-bond donors (Lipinski definition) is 5. The molecular weight excluding hydrogens is 444 g/mol. The number of allylic oxidation sites excluding steroid dienone is 2. The second kappa shape index (κ2) is 10.1. The minimum Gasteiger partial charge on any atom is -0.402 e. The van der Waals surface area contributed by atoms with Crippen LogP contribution < -0.4 is 27.4 Å². The fraction of sp³-hybridized carbons (Fsp3) is 0.367. The number of aliphatic imine (C=N–C) groups is 1. The number of nitrogens with two attached hydrogens (primary N) is 2. The Kier molecular flexibility index (Phi) is 6.74. The predicted octanol–water partition coefficient (Wildman–Crippen LogP) is 2.84. The lowest BCUT2D eigenvalue weighted by molar-refractivity contribution is 0.405. The Morgan fingerprint density at radius 1 is 1.03 bits per heavy atom. The summed E-state index contributed by atoms with van der Waals surface area (Å²) in [6, 6.07) is 12.3. The molecule has 7 N–H and O–H groups in total. The first kappa shape index (κ1) is 24.0. The number of fused-ring (bicyclic) bond motifs is 1. The molecule has 1 aliphatic carbocycles. The van der Waals surface area contributed by atoms with Gasteiger partial charge in [0.25, 0.3) is 0 Å². The van der Waals surface area contributed by atoms with Crippen LogP contribution in [0.3, 0.4) is 0 Å². The van der Waals surface area contributed by atoms with Gasteiger partial charge in [0, 0.05) is 47.7 Å². The smallest absolute Gasteiger partial charge is 0.128 e. The van der Waals surface area contributed by atoms with Crippen LogP contribution in [0.25, 0.3) is 10.8 Å². The highest BCUT2D eigenvalue weighted by Gasteiger charge is 2.52. The summed E-state index contributed by atoms with van der Waals surface area (Å²) in [7, 11) is 0. The van der Waals surface area contributed by atoms with Crippen LogP contribution in [0, 0.1) is 23.7 Å². The molecule has 2 atom stereocenters. The summed E-state index contributed by atoms with van der Waals surface area (Å²) in [6.07, 6.45) is 9.04. The van der Waals surface area contributed by atoms with E-state index in [-0.39, 0.29) is 11.1 Å². The highest BCUT2D eigenvalue weighted by atomic mass is 15.1. The molecule has 36 heavy (non-hydrogen) atoms. The Hall–Kier alpha value is -3.71. The van der Waals surface area contributed by atoms with E-state index in [1.807, 2.05) is 12.1 Å². The van der Waals surface area contributed by atoms with Gasteiger partial charge >= 0.3 is 0 Å². The molecule has 5 rings (SSSR count). The van der Waals surface area contributed by atoms with E-state index < -0.39 is 0 Å². The Labute approximate surface area is 213 Å². The molecule has 2 heterocycles. The van der Waals surface area contributed by atoms with E-state index in [1.165, 1.54) is 31.2 Å². The molecule has 3 fully saturated rings. The molecule has 2 aliphatic heterocycles. The highest BCUT2D eigenvalue weighted by Crippen LogP contribution is 2.40. The van der Waals surface area contributed by atoms with Crippen LogP contribution in [0.15, 0.2) is 65.2 Å². The lowest BCUT2D eigenvalue weighted by atomic mass is 10.0. The Morgan fingerprint density at radius 2 is 1.72 bits per heavy atom.